The van der Waals surface area contributed by atoms with Crippen molar-refractivity contribution in [1.29, 1.82) is 0 Å². The van der Waals surface area contributed by atoms with Gasteiger partial charge in [-0.25, -0.2) is 0 Å². The van der Waals surface area contributed by atoms with E-state index < -0.39 is 16.2 Å². The van der Waals surface area contributed by atoms with Crippen molar-refractivity contribution in [2.45, 2.75) is 65.5 Å². The summed E-state index contributed by atoms with van der Waals surface area (Å²) >= 11 is 0. The Morgan fingerprint density at radius 3 is 1.42 bits per heavy atom. The molecule has 0 bridgehead atoms. The third kappa shape index (κ3) is 5.06. The van der Waals surface area contributed by atoms with Crippen molar-refractivity contribution in [3.8, 4) is 0 Å². The molecule has 1 nitrogen and oxygen atoms in total. The Hall–Kier alpha value is -0.953. The van der Waals surface area contributed by atoms with E-state index in [0.717, 1.165) is 0 Å². The molecule has 0 fully saturated rings. The van der Waals surface area contributed by atoms with Crippen LogP contribution in [0.4, 0.5) is 0 Å². The summed E-state index contributed by atoms with van der Waals surface area (Å²) in [5.74, 6) is 0.184. The highest BCUT2D eigenvalue weighted by Gasteiger charge is 2.44. The molecule has 3 heteroatoms. The highest BCUT2D eigenvalue weighted by molar-refractivity contribution is 7.73. The monoisotopic (exact) mass is 386 g/mol. The van der Waals surface area contributed by atoms with Gasteiger partial charge in [0.2, 0.25) is 0 Å². The average Bonchev–Trinajstić information content (AvgIpc) is 2.54. The SMILES string of the molecule is CC(C)(C)C(O[Si](C)(C)C(C)(C)C)P(c1ccccc1)c1ccccc1. The van der Waals surface area contributed by atoms with Crippen LogP contribution in [-0.4, -0.2) is 14.2 Å². The molecular formula is C23H35OPSi. The first-order valence-electron chi connectivity index (χ1n) is 9.51. The minimum Gasteiger partial charge on any atom is -0.409 e. The van der Waals surface area contributed by atoms with Gasteiger partial charge in [-0.2, -0.15) is 0 Å². The first kappa shape index (κ1) is 21.3. The average molecular weight is 387 g/mol. The van der Waals surface area contributed by atoms with Crippen LogP contribution in [0.25, 0.3) is 0 Å². The van der Waals surface area contributed by atoms with E-state index in [1.165, 1.54) is 10.6 Å². The molecule has 0 N–H and O–H groups in total. The van der Waals surface area contributed by atoms with Crippen molar-refractivity contribution in [1.82, 2.24) is 0 Å². The van der Waals surface area contributed by atoms with Crippen LogP contribution in [0.5, 0.6) is 0 Å². The fraction of sp³-hybridized carbons (Fsp3) is 0.478. The lowest BCUT2D eigenvalue weighted by Gasteiger charge is -2.46. The molecule has 0 radical (unpaired) electrons. The molecule has 0 aliphatic carbocycles. The Morgan fingerprint density at radius 2 is 1.12 bits per heavy atom. The van der Waals surface area contributed by atoms with Crippen molar-refractivity contribution in [2.75, 3.05) is 0 Å². The zero-order valence-corrected chi connectivity index (χ0v) is 19.6. The first-order valence-corrected chi connectivity index (χ1v) is 13.8. The summed E-state index contributed by atoms with van der Waals surface area (Å²) < 4.78 is 7.11. The van der Waals surface area contributed by atoms with Crippen LogP contribution in [0.3, 0.4) is 0 Å². The lowest BCUT2D eigenvalue weighted by molar-refractivity contribution is 0.145. The summed E-state index contributed by atoms with van der Waals surface area (Å²) in [6, 6.07) is 21.9. The molecular weight excluding hydrogens is 351 g/mol. The molecule has 26 heavy (non-hydrogen) atoms. The quantitative estimate of drug-likeness (QED) is 0.420. The van der Waals surface area contributed by atoms with Crippen LogP contribution in [0.15, 0.2) is 60.7 Å². The Kier molecular flexibility index (Phi) is 6.54. The van der Waals surface area contributed by atoms with E-state index in [9.17, 15) is 0 Å². The maximum Gasteiger partial charge on any atom is 0.192 e. The largest absolute Gasteiger partial charge is 0.409 e. The van der Waals surface area contributed by atoms with Crippen LogP contribution in [0.1, 0.15) is 41.5 Å². The number of rotatable bonds is 5. The fourth-order valence-corrected chi connectivity index (χ4v) is 7.75. The van der Waals surface area contributed by atoms with E-state index in [1.807, 2.05) is 0 Å². The standard InChI is InChI=1S/C23H35OPSi/c1-22(2,3)21(24-26(7,8)23(4,5)6)25(19-15-11-9-12-16-19)20-17-13-10-14-18-20/h9-18,21H,1-8H3. The summed E-state index contributed by atoms with van der Waals surface area (Å²) in [5, 5.41) is 2.99. The van der Waals surface area contributed by atoms with E-state index >= 15 is 0 Å². The number of hydrogen-bond acceptors (Lipinski definition) is 1. The van der Waals surface area contributed by atoms with Crippen LogP contribution >= 0.6 is 7.92 Å². The van der Waals surface area contributed by atoms with Gasteiger partial charge in [0.1, 0.15) is 0 Å². The maximum absolute atomic E-state index is 7.11. The zero-order chi connectivity index (χ0) is 19.6. The second-order valence-electron chi connectivity index (χ2n) is 9.64. The van der Waals surface area contributed by atoms with Gasteiger partial charge in [-0.3, -0.25) is 0 Å². The molecule has 1 atom stereocenters. The maximum atomic E-state index is 7.11. The van der Waals surface area contributed by atoms with Crippen molar-refractivity contribution >= 4 is 26.8 Å². The number of benzene rings is 2. The highest BCUT2D eigenvalue weighted by Crippen LogP contribution is 2.51. The minimum atomic E-state index is -1.89. The molecule has 142 valence electrons. The molecule has 0 aliphatic heterocycles. The third-order valence-electron chi connectivity index (χ3n) is 5.26. The van der Waals surface area contributed by atoms with Crippen molar-refractivity contribution in [3.05, 3.63) is 60.7 Å². The molecule has 0 saturated heterocycles. The molecule has 0 heterocycles. The highest BCUT2D eigenvalue weighted by atomic mass is 31.1. The predicted octanol–water partition coefficient (Wildman–Crippen LogP) is 6.51. The summed E-state index contributed by atoms with van der Waals surface area (Å²) in [6.07, 6.45) is 0. The minimum absolute atomic E-state index is 0.0624. The van der Waals surface area contributed by atoms with Gasteiger partial charge in [-0.15, -0.1) is 0 Å². The lowest BCUT2D eigenvalue weighted by atomic mass is 9.98. The number of hydrogen-bond donors (Lipinski definition) is 0. The molecule has 0 saturated carbocycles. The molecule has 0 amide bonds. The Bertz CT molecular complexity index is 644. The summed E-state index contributed by atoms with van der Waals surface area (Å²) in [7, 11) is -2.49. The third-order valence-corrected chi connectivity index (χ3v) is 13.0. The zero-order valence-electron chi connectivity index (χ0n) is 17.7. The second kappa shape index (κ2) is 7.96. The Morgan fingerprint density at radius 1 is 0.731 bits per heavy atom. The van der Waals surface area contributed by atoms with Crippen molar-refractivity contribution in [3.63, 3.8) is 0 Å². The summed E-state index contributed by atoms with van der Waals surface area (Å²) in [6.45, 7) is 18.7. The van der Waals surface area contributed by atoms with E-state index in [0.29, 0.717) is 0 Å². The van der Waals surface area contributed by atoms with E-state index in [1.54, 1.807) is 0 Å². The fourth-order valence-electron chi connectivity index (χ4n) is 2.67. The van der Waals surface area contributed by atoms with E-state index in [-0.39, 0.29) is 16.3 Å². The van der Waals surface area contributed by atoms with Gasteiger partial charge in [-0.1, -0.05) is 102 Å². The van der Waals surface area contributed by atoms with Gasteiger partial charge in [-0.05, 0) is 42.1 Å². The van der Waals surface area contributed by atoms with E-state index in [2.05, 4.69) is 115 Å². The molecule has 1 unspecified atom stereocenters. The Labute approximate surface area is 163 Å². The van der Waals surface area contributed by atoms with Gasteiger partial charge >= 0.3 is 0 Å². The van der Waals surface area contributed by atoms with Crippen LogP contribution < -0.4 is 10.6 Å². The Balaban J connectivity index is 2.57. The topological polar surface area (TPSA) is 9.23 Å². The summed E-state index contributed by atoms with van der Waals surface area (Å²) in [5.41, 5.74) is 0.0624. The van der Waals surface area contributed by atoms with Crippen LogP contribution in [0, 0.1) is 5.41 Å². The first-order chi connectivity index (χ1) is 11.9. The molecule has 0 aromatic heterocycles. The molecule has 0 spiro atoms. The molecule has 2 aromatic carbocycles. The summed E-state index contributed by atoms with van der Waals surface area (Å²) in [4.78, 5) is 0. The van der Waals surface area contributed by atoms with Gasteiger partial charge in [0.05, 0.1) is 5.85 Å². The van der Waals surface area contributed by atoms with Crippen LogP contribution in [0.2, 0.25) is 18.1 Å². The molecule has 2 rings (SSSR count). The normalized spacial score (nSPS) is 14.5. The van der Waals surface area contributed by atoms with Gasteiger partial charge < -0.3 is 4.43 Å². The molecule has 2 aromatic rings. The van der Waals surface area contributed by atoms with E-state index in [4.69, 9.17) is 4.43 Å². The van der Waals surface area contributed by atoms with Gasteiger partial charge in [0.15, 0.2) is 8.32 Å². The second-order valence-corrected chi connectivity index (χ2v) is 16.6. The lowest BCUT2D eigenvalue weighted by Crippen LogP contribution is -2.48. The van der Waals surface area contributed by atoms with Crippen molar-refractivity contribution in [2.24, 2.45) is 5.41 Å². The van der Waals surface area contributed by atoms with Gasteiger partial charge in [0.25, 0.3) is 0 Å². The molecule has 0 aliphatic rings. The van der Waals surface area contributed by atoms with Gasteiger partial charge in [0, 0.05) is 0 Å². The smallest absolute Gasteiger partial charge is 0.192 e. The van der Waals surface area contributed by atoms with Crippen LogP contribution in [-0.2, 0) is 4.43 Å². The van der Waals surface area contributed by atoms with Crippen molar-refractivity contribution < 1.29 is 4.43 Å². The predicted molar refractivity (Wildman–Crippen MR) is 121 cm³/mol.